The van der Waals surface area contributed by atoms with Gasteiger partial charge in [-0.15, -0.1) is 0 Å². The van der Waals surface area contributed by atoms with E-state index in [1.165, 1.54) is 0 Å². The van der Waals surface area contributed by atoms with Gasteiger partial charge in [0, 0.05) is 19.0 Å². The predicted octanol–water partition coefficient (Wildman–Crippen LogP) is 4.24. The van der Waals surface area contributed by atoms with Crippen LogP contribution in [0, 0.1) is 0 Å². The molecule has 3 aromatic carbocycles. The zero-order chi connectivity index (χ0) is 18.3. The molecule has 0 spiro atoms. The van der Waals surface area contributed by atoms with Crippen molar-refractivity contribution in [3.8, 4) is 0 Å². The lowest BCUT2D eigenvalue weighted by Crippen LogP contribution is -2.51. The zero-order valence-electron chi connectivity index (χ0n) is 14.8. The molecule has 0 bridgehead atoms. The first-order valence-electron chi connectivity index (χ1n) is 8.76. The van der Waals surface area contributed by atoms with Gasteiger partial charge in [0.25, 0.3) is 5.91 Å². The molecule has 0 saturated heterocycles. The molecular formula is C22H20N2O2. The summed E-state index contributed by atoms with van der Waals surface area (Å²) < 4.78 is 0. The fraction of sp³-hybridized carbons (Fsp3) is 0.182. The van der Waals surface area contributed by atoms with E-state index >= 15 is 0 Å². The van der Waals surface area contributed by atoms with Crippen LogP contribution in [0.1, 0.15) is 24.2 Å². The molecule has 3 aromatic rings. The van der Waals surface area contributed by atoms with E-state index in [4.69, 9.17) is 0 Å². The average molecular weight is 344 g/mol. The minimum Gasteiger partial charge on any atom is -0.306 e. The van der Waals surface area contributed by atoms with Crippen molar-refractivity contribution in [1.82, 2.24) is 0 Å². The lowest BCUT2D eigenvalue weighted by Gasteiger charge is -2.40. The first-order chi connectivity index (χ1) is 12.6. The maximum atomic E-state index is 13.4. The quantitative estimate of drug-likeness (QED) is 0.662. The predicted molar refractivity (Wildman–Crippen MR) is 105 cm³/mol. The molecule has 1 aliphatic rings. The van der Waals surface area contributed by atoms with Crippen molar-refractivity contribution < 1.29 is 9.59 Å². The first-order valence-corrected chi connectivity index (χ1v) is 8.76. The molecule has 1 heterocycles. The summed E-state index contributed by atoms with van der Waals surface area (Å²) in [5.41, 5.74) is 2.24. The summed E-state index contributed by atoms with van der Waals surface area (Å²) in [6, 6.07) is 21.2. The van der Waals surface area contributed by atoms with E-state index in [9.17, 15) is 9.59 Å². The number of para-hydroxylation sites is 2. The molecule has 2 amide bonds. The van der Waals surface area contributed by atoms with Crippen LogP contribution in [0.25, 0.3) is 10.8 Å². The van der Waals surface area contributed by atoms with Gasteiger partial charge < -0.3 is 9.80 Å². The SMILES string of the molecule is CC(=O)N1c2ccccc2N(C(=O)c2cccc3ccccc23)CC1C. The second-order valence-electron chi connectivity index (χ2n) is 6.67. The van der Waals surface area contributed by atoms with Gasteiger partial charge >= 0.3 is 0 Å². The molecular weight excluding hydrogens is 324 g/mol. The lowest BCUT2D eigenvalue weighted by atomic mass is 10.0. The minimum absolute atomic E-state index is 0.0118. The summed E-state index contributed by atoms with van der Waals surface area (Å²) >= 11 is 0. The fourth-order valence-corrected chi connectivity index (χ4v) is 3.81. The second kappa shape index (κ2) is 6.30. The van der Waals surface area contributed by atoms with Gasteiger partial charge in [0.1, 0.15) is 0 Å². The Labute approximate surface area is 152 Å². The van der Waals surface area contributed by atoms with Crippen LogP contribution in [0.3, 0.4) is 0 Å². The van der Waals surface area contributed by atoms with Gasteiger partial charge in [-0.05, 0) is 35.9 Å². The van der Waals surface area contributed by atoms with Gasteiger partial charge in [-0.1, -0.05) is 48.5 Å². The van der Waals surface area contributed by atoms with Gasteiger partial charge in [-0.2, -0.15) is 0 Å². The summed E-state index contributed by atoms with van der Waals surface area (Å²) in [6.45, 7) is 4.01. The van der Waals surface area contributed by atoms with Crippen LogP contribution in [-0.2, 0) is 4.79 Å². The summed E-state index contributed by atoms with van der Waals surface area (Å²) in [5, 5.41) is 1.99. The van der Waals surface area contributed by atoms with Crippen molar-refractivity contribution in [2.45, 2.75) is 19.9 Å². The highest BCUT2D eigenvalue weighted by Crippen LogP contribution is 2.36. The van der Waals surface area contributed by atoms with E-state index in [0.29, 0.717) is 12.1 Å². The highest BCUT2D eigenvalue weighted by molar-refractivity contribution is 6.16. The average Bonchev–Trinajstić information content (AvgIpc) is 2.66. The number of hydrogen-bond donors (Lipinski definition) is 0. The number of carbonyl (C=O) groups is 2. The topological polar surface area (TPSA) is 40.6 Å². The van der Waals surface area contributed by atoms with E-state index in [0.717, 1.165) is 22.1 Å². The van der Waals surface area contributed by atoms with Crippen molar-refractivity contribution in [3.05, 3.63) is 72.3 Å². The van der Waals surface area contributed by atoms with Gasteiger partial charge in [0.15, 0.2) is 0 Å². The van der Waals surface area contributed by atoms with Gasteiger partial charge in [0.2, 0.25) is 5.91 Å². The first kappa shape index (κ1) is 16.3. The molecule has 4 heteroatoms. The fourth-order valence-electron chi connectivity index (χ4n) is 3.81. The molecule has 1 aliphatic heterocycles. The normalized spacial score (nSPS) is 16.5. The highest BCUT2D eigenvalue weighted by Gasteiger charge is 2.33. The summed E-state index contributed by atoms with van der Waals surface area (Å²) in [6.07, 6.45) is 0. The van der Waals surface area contributed by atoms with E-state index in [2.05, 4.69) is 0 Å². The standard InChI is InChI=1S/C22H20N2O2/c1-15-14-23(20-12-5-6-13-21(20)24(15)16(2)25)22(26)19-11-7-9-17-8-3-4-10-18(17)19/h3-13,15H,14H2,1-2H3. The molecule has 0 aliphatic carbocycles. The molecule has 1 unspecified atom stereocenters. The van der Waals surface area contributed by atoms with Crippen molar-refractivity contribution in [3.63, 3.8) is 0 Å². The van der Waals surface area contributed by atoms with Crippen molar-refractivity contribution in [1.29, 1.82) is 0 Å². The maximum absolute atomic E-state index is 13.4. The Bertz CT molecular complexity index is 1010. The maximum Gasteiger partial charge on any atom is 0.259 e. The van der Waals surface area contributed by atoms with E-state index in [1.807, 2.05) is 73.7 Å². The summed E-state index contributed by atoms with van der Waals surface area (Å²) in [4.78, 5) is 29.1. The molecule has 0 aromatic heterocycles. The van der Waals surface area contributed by atoms with Gasteiger partial charge in [-0.3, -0.25) is 9.59 Å². The third-order valence-electron chi connectivity index (χ3n) is 4.92. The number of hydrogen-bond acceptors (Lipinski definition) is 2. The van der Waals surface area contributed by atoms with Crippen LogP contribution < -0.4 is 9.80 Å². The highest BCUT2D eigenvalue weighted by atomic mass is 16.2. The van der Waals surface area contributed by atoms with Gasteiger partial charge in [-0.25, -0.2) is 0 Å². The Hall–Kier alpha value is -3.14. The number of fused-ring (bicyclic) bond motifs is 2. The monoisotopic (exact) mass is 344 g/mol. The Morgan fingerprint density at radius 2 is 1.54 bits per heavy atom. The Morgan fingerprint density at radius 1 is 0.885 bits per heavy atom. The van der Waals surface area contributed by atoms with Crippen LogP contribution in [0.4, 0.5) is 11.4 Å². The molecule has 0 radical (unpaired) electrons. The van der Waals surface area contributed by atoms with Crippen LogP contribution in [0.2, 0.25) is 0 Å². The summed E-state index contributed by atoms with van der Waals surface area (Å²) in [5.74, 6) is -0.0495. The molecule has 0 saturated carbocycles. The largest absolute Gasteiger partial charge is 0.306 e. The zero-order valence-corrected chi connectivity index (χ0v) is 14.8. The molecule has 130 valence electrons. The minimum atomic E-state index is -0.0821. The molecule has 4 nitrogen and oxygen atoms in total. The van der Waals surface area contributed by atoms with Gasteiger partial charge in [0.05, 0.1) is 17.4 Å². The molecule has 4 rings (SSSR count). The molecule has 0 N–H and O–H groups in total. The van der Waals surface area contributed by atoms with E-state index in [1.54, 1.807) is 16.7 Å². The summed E-state index contributed by atoms with van der Waals surface area (Å²) in [7, 11) is 0. The van der Waals surface area contributed by atoms with Crippen LogP contribution in [-0.4, -0.2) is 24.4 Å². The molecule has 0 fully saturated rings. The Morgan fingerprint density at radius 3 is 2.31 bits per heavy atom. The second-order valence-corrected chi connectivity index (χ2v) is 6.67. The van der Waals surface area contributed by atoms with E-state index in [-0.39, 0.29) is 17.9 Å². The third-order valence-corrected chi connectivity index (χ3v) is 4.92. The number of rotatable bonds is 1. The smallest absolute Gasteiger partial charge is 0.259 e. The van der Waals surface area contributed by atoms with Crippen LogP contribution in [0.5, 0.6) is 0 Å². The molecule has 1 atom stereocenters. The number of anilines is 2. The number of carbonyl (C=O) groups excluding carboxylic acids is 2. The number of benzene rings is 3. The third kappa shape index (κ3) is 2.54. The van der Waals surface area contributed by atoms with E-state index < -0.39 is 0 Å². The molecule has 26 heavy (non-hydrogen) atoms. The van der Waals surface area contributed by atoms with Crippen LogP contribution in [0.15, 0.2) is 66.7 Å². The van der Waals surface area contributed by atoms with Crippen molar-refractivity contribution >= 4 is 34.0 Å². The Kier molecular flexibility index (Phi) is 3.96. The number of nitrogens with zero attached hydrogens (tertiary/aromatic N) is 2. The van der Waals surface area contributed by atoms with Crippen molar-refractivity contribution in [2.24, 2.45) is 0 Å². The van der Waals surface area contributed by atoms with Crippen LogP contribution >= 0.6 is 0 Å². The number of amides is 2. The van der Waals surface area contributed by atoms with Crippen molar-refractivity contribution in [2.75, 3.05) is 16.3 Å². The Balaban J connectivity index is 1.83. The lowest BCUT2D eigenvalue weighted by molar-refractivity contribution is -0.117.